The third-order valence-electron chi connectivity index (χ3n) is 2.49. The van der Waals surface area contributed by atoms with Gasteiger partial charge in [-0.3, -0.25) is 0 Å². The van der Waals surface area contributed by atoms with E-state index in [0.29, 0.717) is 17.7 Å². The molecule has 0 bridgehead atoms. The van der Waals surface area contributed by atoms with Crippen molar-refractivity contribution in [1.29, 1.82) is 10.5 Å². The van der Waals surface area contributed by atoms with E-state index in [1.54, 1.807) is 25.3 Å². The number of rotatable bonds is 5. The van der Waals surface area contributed by atoms with E-state index in [0.717, 1.165) is 12.1 Å². The van der Waals surface area contributed by atoms with Gasteiger partial charge >= 0.3 is 0 Å². The molecule has 0 radical (unpaired) electrons. The first-order chi connectivity index (χ1) is 8.24. The number of ether oxygens (including phenoxy) is 1. The summed E-state index contributed by atoms with van der Waals surface area (Å²) in [5.74, 6) is 0. The molecule has 1 N–H and O–H groups in total. The minimum Gasteiger partial charge on any atom is -0.383 e. The first-order valence-corrected chi connectivity index (χ1v) is 5.44. The van der Waals surface area contributed by atoms with Gasteiger partial charge < -0.3 is 10.1 Å². The molecule has 1 unspecified atom stereocenters. The lowest BCUT2D eigenvalue weighted by Gasteiger charge is -2.17. The zero-order valence-corrected chi connectivity index (χ0v) is 10.0. The van der Waals surface area contributed by atoms with Crippen LogP contribution in [0, 0.1) is 22.7 Å². The molecule has 0 spiro atoms. The van der Waals surface area contributed by atoms with Crippen LogP contribution in [0.5, 0.6) is 0 Å². The molecule has 4 nitrogen and oxygen atoms in total. The second kappa shape index (κ2) is 6.52. The lowest BCUT2D eigenvalue weighted by Crippen LogP contribution is -2.23. The number of nitriles is 2. The molecule has 0 fully saturated rings. The van der Waals surface area contributed by atoms with E-state index in [1.807, 2.05) is 12.1 Å². The van der Waals surface area contributed by atoms with Gasteiger partial charge in [-0.25, -0.2) is 0 Å². The molecule has 1 aromatic rings. The molecule has 1 aromatic carbocycles. The van der Waals surface area contributed by atoms with E-state index >= 15 is 0 Å². The first kappa shape index (κ1) is 13.0. The normalized spacial score (nSPS) is 11.3. The maximum Gasteiger partial charge on any atom is 0.101 e. The standard InChI is InChI=1S/C13H15N3O/c1-3-12(9-17-2)16-13-5-4-10(7-14)11(6-13)8-15/h4-6,12,16H,3,9H2,1-2H3. The Morgan fingerprint density at radius 2 is 2.00 bits per heavy atom. The maximum atomic E-state index is 8.92. The number of nitrogens with zero attached hydrogens (tertiary/aromatic N) is 2. The molecule has 0 heterocycles. The molecule has 0 amide bonds. The van der Waals surface area contributed by atoms with Crippen molar-refractivity contribution in [2.75, 3.05) is 19.0 Å². The molecule has 0 aliphatic rings. The second-order valence-electron chi connectivity index (χ2n) is 3.69. The number of methoxy groups -OCH3 is 1. The van der Waals surface area contributed by atoms with E-state index in [9.17, 15) is 0 Å². The molecule has 4 heteroatoms. The van der Waals surface area contributed by atoms with Crippen LogP contribution in [0.1, 0.15) is 24.5 Å². The highest BCUT2D eigenvalue weighted by atomic mass is 16.5. The fourth-order valence-electron chi connectivity index (χ4n) is 1.52. The fraction of sp³-hybridized carbons (Fsp3) is 0.385. The van der Waals surface area contributed by atoms with Gasteiger partial charge in [0.05, 0.1) is 17.7 Å². The van der Waals surface area contributed by atoms with E-state index < -0.39 is 0 Å². The quantitative estimate of drug-likeness (QED) is 0.840. The van der Waals surface area contributed by atoms with Gasteiger partial charge in [0.2, 0.25) is 0 Å². The molecular weight excluding hydrogens is 214 g/mol. The molecule has 88 valence electrons. The summed E-state index contributed by atoms with van der Waals surface area (Å²) in [5, 5.41) is 21.0. The summed E-state index contributed by atoms with van der Waals surface area (Å²) in [5.41, 5.74) is 1.63. The number of hydrogen-bond acceptors (Lipinski definition) is 4. The smallest absolute Gasteiger partial charge is 0.101 e. The number of nitrogens with one attached hydrogen (secondary N) is 1. The van der Waals surface area contributed by atoms with Crippen molar-refractivity contribution in [2.24, 2.45) is 0 Å². The van der Waals surface area contributed by atoms with Crippen LogP contribution in [0.25, 0.3) is 0 Å². The van der Waals surface area contributed by atoms with Crippen LogP contribution in [0.4, 0.5) is 5.69 Å². The zero-order chi connectivity index (χ0) is 12.7. The van der Waals surface area contributed by atoms with Gasteiger partial charge in [0, 0.05) is 18.8 Å². The van der Waals surface area contributed by atoms with Crippen LogP contribution in [0.3, 0.4) is 0 Å². The summed E-state index contributed by atoms with van der Waals surface area (Å²) in [6.07, 6.45) is 0.926. The Hall–Kier alpha value is -2.04. The van der Waals surface area contributed by atoms with Crippen LogP contribution in [0.15, 0.2) is 18.2 Å². The molecule has 0 saturated carbocycles. The Bertz CT molecular complexity index is 457. The van der Waals surface area contributed by atoms with Crippen molar-refractivity contribution in [3.8, 4) is 12.1 Å². The van der Waals surface area contributed by atoms with Crippen LogP contribution < -0.4 is 5.32 Å². The highest BCUT2D eigenvalue weighted by molar-refractivity contribution is 5.56. The summed E-state index contributed by atoms with van der Waals surface area (Å²) in [4.78, 5) is 0. The third-order valence-corrected chi connectivity index (χ3v) is 2.49. The lowest BCUT2D eigenvalue weighted by atomic mass is 10.1. The lowest BCUT2D eigenvalue weighted by molar-refractivity contribution is 0.184. The number of anilines is 1. The van der Waals surface area contributed by atoms with Crippen LogP contribution in [-0.4, -0.2) is 19.8 Å². The first-order valence-electron chi connectivity index (χ1n) is 5.44. The molecule has 0 saturated heterocycles. The van der Waals surface area contributed by atoms with Crippen molar-refractivity contribution < 1.29 is 4.74 Å². The summed E-state index contributed by atoms with van der Waals surface area (Å²) < 4.78 is 5.09. The summed E-state index contributed by atoms with van der Waals surface area (Å²) in [6, 6.07) is 9.36. The predicted molar refractivity (Wildman–Crippen MR) is 65.4 cm³/mol. The average molecular weight is 229 g/mol. The van der Waals surface area contributed by atoms with Gasteiger partial charge in [-0.15, -0.1) is 0 Å². The van der Waals surface area contributed by atoms with Gasteiger partial charge in [-0.05, 0) is 24.6 Å². The highest BCUT2D eigenvalue weighted by Crippen LogP contribution is 2.16. The van der Waals surface area contributed by atoms with E-state index in [2.05, 4.69) is 12.2 Å². The van der Waals surface area contributed by atoms with E-state index in [4.69, 9.17) is 15.3 Å². The molecule has 1 atom stereocenters. The molecule has 0 aromatic heterocycles. The molecule has 17 heavy (non-hydrogen) atoms. The minimum absolute atomic E-state index is 0.208. The highest BCUT2D eigenvalue weighted by Gasteiger charge is 2.07. The topological polar surface area (TPSA) is 68.8 Å². The Morgan fingerprint density at radius 3 is 2.53 bits per heavy atom. The van der Waals surface area contributed by atoms with Gasteiger partial charge in [-0.1, -0.05) is 6.92 Å². The molecule has 0 aliphatic heterocycles. The Balaban J connectivity index is 2.87. The van der Waals surface area contributed by atoms with Crippen LogP contribution in [-0.2, 0) is 4.74 Å². The Morgan fingerprint density at radius 1 is 1.29 bits per heavy atom. The van der Waals surface area contributed by atoms with Crippen molar-refractivity contribution in [3.63, 3.8) is 0 Å². The van der Waals surface area contributed by atoms with Gasteiger partial charge in [0.25, 0.3) is 0 Å². The van der Waals surface area contributed by atoms with Crippen LogP contribution in [0.2, 0.25) is 0 Å². The van der Waals surface area contributed by atoms with Gasteiger partial charge in [-0.2, -0.15) is 10.5 Å². The number of benzene rings is 1. The average Bonchev–Trinajstić information content (AvgIpc) is 2.38. The third kappa shape index (κ3) is 3.48. The molecule has 0 aliphatic carbocycles. The maximum absolute atomic E-state index is 8.92. The summed E-state index contributed by atoms with van der Waals surface area (Å²) in [7, 11) is 1.66. The molecule has 1 rings (SSSR count). The predicted octanol–water partition coefficient (Wildman–Crippen LogP) is 2.27. The van der Waals surface area contributed by atoms with E-state index in [-0.39, 0.29) is 6.04 Å². The summed E-state index contributed by atoms with van der Waals surface area (Å²) >= 11 is 0. The Kier molecular flexibility index (Phi) is 5.00. The summed E-state index contributed by atoms with van der Waals surface area (Å²) in [6.45, 7) is 2.67. The second-order valence-corrected chi connectivity index (χ2v) is 3.69. The number of hydrogen-bond donors (Lipinski definition) is 1. The van der Waals surface area contributed by atoms with Crippen molar-refractivity contribution >= 4 is 5.69 Å². The zero-order valence-electron chi connectivity index (χ0n) is 10.0. The monoisotopic (exact) mass is 229 g/mol. The van der Waals surface area contributed by atoms with Crippen LogP contribution >= 0.6 is 0 Å². The van der Waals surface area contributed by atoms with Crippen molar-refractivity contribution in [1.82, 2.24) is 0 Å². The molecular formula is C13H15N3O. The Labute approximate surface area is 101 Å². The minimum atomic E-state index is 0.208. The van der Waals surface area contributed by atoms with Crippen molar-refractivity contribution in [3.05, 3.63) is 29.3 Å². The van der Waals surface area contributed by atoms with E-state index in [1.165, 1.54) is 0 Å². The SMILES string of the molecule is CCC(COC)Nc1ccc(C#N)c(C#N)c1. The van der Waals surface area contributed by atoms with Gasteiger partial charge in [0.1, 0.15) is 12.1 Å². The largest absolute Gasteiger partial charge is 0.383 e. The van der Waals surface area contributed by atoms with Gasteiger partial charge in [0.15, 0.2) is 0 Å². The fourth-order valence-corrected chi connectivity index (χ4v) is 1.52. The van der Waals surface area contributed by atoms with Crippen molar-refractivity contribution in [2.45, 2.75) is 19.4 Å².